The van der Waals surface area contributed by atoms with Crippen LogP contribution in [-0.4, -0.2) is 28.0 Å². The Morgan fingerprint density at radius 2 is 2.00 bits per heavy atom. The molecule has 158 valence electrons. The van der Waals surface area contributed by atoms with Crippen molar-refractivity contribution in [2.24, 2.45) is 16.5 Å². The number of aliphatic imine (C=N–C) groups is 1. The largest absolute Gasteiger partial charge is 0.370 e. The lowest BCUT2D eigenvalue weighted by Crippen LogP contribution is -2.44. The molecule has 1 unspecified atom stereocenters. The Kier molecular flexibility index (Phi) is 5.21. The first-order chi connectivity index (χ1) is 14.6. The van der Waals surface area contributed by atoms with Crippen molar-refractivity contribution in [3.8, 4) is 6.07 Å². The SMILES string of the molecule is CC1(C)C(=O)N(c2ccc(C#N)c(Cl)c2)C(=S)N1c1ccc2c(c1)NC(N=C(N)N)S2. The highest BCUT2D eigenvalue weighted by Gasteiger charge is 2.50. The molecule has 0 bridgehead atoms. The predicted octanol–water partition coefficient (Wildman–Crippen LogP) is 3.20. The van der Waals surface area contributed by atoms with Gasteiger partial charge < -0.3 is 21.7 Å². The number of nitriles is 1. The highest BCUT2D eigenvalue weighted by atomic mass is 35.5. The molecule has 1 atom stereocenters. The summed E-state index contributed by atoms with van der Waals surface area (Å²) in [4.78, 5) is 21.7. The Balaban J connectivity index is 1.70. The lowest BCUT2D eigenvalue weighted by molar-refractivity contribution is -0.120. The molecule has 0 saturated carbocycles. The molecule has 2 aromatic carbocycles. The number of hydrogen-bond acceptors (Lipinski definition) is 6. The molecule has 4 rings (SSSR count). The molecule has 0 radical (unpaired) electrons. The summed E-state index contributed by atoms with van der Waals surface area (Å²) >= 11 is 13.4. The molecule has 2 aliphatic rings. The second kappa shape index (κ2) is 7.60. The van der Waals surface area contributed by atoms with Gasteiger partial charge in [0.1, 0.15) is 11.6 Å². The summed E-state index contributed by atoms with van der Waals surface area (Å²) in [6.07, 6.45) is 0. The van der Waals surface area contributed by atoms with E-state index < -0.39 is 5.54 Å². The molecular weight excluding hydrogens is 454 g/mol. The highest BCUT2D eigenvalue weighted by molar-refractivity contribution is 8.00. The number of thioether (sulfide) groups is 1. The van der Waals surface area contributed by atoms with E-state index in [-0.39, 0.29) is 22.4 Å². The molecule has 8 nitrogen and oxygen atoms in total. The van der Waals surface area contributed by atoms with Crippen molar-refractivity contribution in [1.29, 1.82) is 5.26 Å². The molecular formula is C20H18ClN7OS2. The van der Waals surface area contributed by atoms with Crippen molar-refractivity contribution in [3.63, 3.8) is 0 Å². The average Bonchev–Trinajstić information content (AvgIpc) is 3.16. The molecule has 11 heteroatoms. The maximum absolute atomic E-state index is 13.3. The first-order valence-electron chi connectivity index (χ1n) is 9.18. The third-order valence-corrected chi connectivity index (χ3v) is 6.74. The van der Waals surface area contributed by atoms with E-state index in [0.717, 1.165) is 16.3 Å². The van der Waals surface area contributed by atoms with Crippen molar-refractivity contribution in [2.45, 2.75) is 29.8 Å². The van der Waals surface area contributed by atoms with Gasteiger partial charge in [0.15, 0.2) is 16.6 Å². The van der Waals surface area contributed by atoms with E-state index >= 15 is 0 Å². The number of benzene rings is 2. The number of rotatable bonds is 3. The van der Waals surface area contributed by atoms with Crippen molar-refractivity contribution in [2.75, 3.05) is 15.1 Å². The van der Waals surface area contributed by atoms with Gasteiger partial charge in [-0.15, -0.1) is 0 Å². The van der Waals surface area contributed by atoms with Crippen LogP contribution in [0.1, 0.15) is 19.4 Å². The number of halogens is 1. The van der Waals surface area contributed by atoms with Gasteiger partial charge in [-0.05, 0) is 62.5 Å². The molecule has 0 aromatic heterocycles. The van der Waals surface area contributed by atoms with E-state index in [9.17, 15) is 4.79 Å². The molecule has 2 aliphatic heterocycles. The van der Waals surface area contributed by atoms with Gasteiger partial charge in [-0.3, -0.25) is 9.69 Å². The summed E-state index contributed by atoms with van der Waals surface area (Å²) in [5.41, 5.74) is 12.2. The predicted molar refractivity (Wildman–Crippen MR) is 128 cm³/mol. The Hall–Kier alpha value is -3.00. The lowest BCUT2D eigenvalue weighted by atomic mass is 10.0. The molecule has 5 N–H and O–H groups in total. The number of guanidine groups is 1. The highest BCUT2D eigenvalue weighted by Crippen LogP contribution is 2.44. The third kappa shape index (κ3) is 3.54. The van der Waals surface area contributed by atoms with E-state index in [1.807, 2.05) is 38.1 Å². The van der Waals surface area contributed by atoms with Crippen LogP contribution in [0.3, 0.4) is 0 Å². The van der Waals surface area contributed by atoms with Crippen LogP contribution >= 0.6 is 35.6 Å². The molecule has 1 saturated heterocycles. The van der Waals surface area contributed by atoms with Crippen LogP contribution in [0.2, 0.25) is 5.02 Å². The van der Waals surface area contributed by atoms with Crippen LogP contribution in [0.4, 0.5) is 17.1 Å². The van der Waals surface area contributed by atoms with Crippen LogP contribution < -0.4 is 26.6 Å². The number of amides is 1. The summed E-state index contributed by atoms with van der Waals surface area (Å²) in [6.45, 7) is 3.62. The number of carbonyl (C=O) groups excluding carboxylic acids is 1. The zero-order chi connectivity index (χ0) is 22.5. The first kappa shape index (κ1) is 21.2. The number of nitrogens with two attached hydrogens (primary N) is 2. The molecule has 31 heavy (non-hydrogen) atoms. The fourth-order valence-corrected chi connectivity index (χ4v) is 5.27. The van der Waals surface area contributed by atoms with E-state index in [1.54, 1.807) is 23.1 Å². The quantitative estimate of drug-likeness (QED) is 0.354. The van der Waals surface area contributed by atoms with Crippen LogP contribution in [0.15, 0.2) is 46.3 Å². The fraction of sp³-hybridized carbons (Fsp3) is 0.200. The van der Waals surface area contributed by atoms with Gasteiger partial charge in [-0.25, -0.2) is 4.99 Å². The van der Waals surface area contributed by atoms with Crippen LogP contribution in [0, 0.1) is 11.3 Å². The summed E-state index contributed by atoms with van der Waals surface area (Å²) in [5.74, 6) is -0.193. The maximum atomic E-state index is 13.3. The summed E-state index contributed by atoms with van der Waals surface area (Å²) in [6, 6.07) is 12.6. The Labute approximate surface area is 193 Å². The third-order valence-electron chi connectivity index (χ3n) is 5.00. The fourth-order valence-electron chi connectivity index (χ4n) is 3.54. The van der Waals surface area contributed by atoms with Crippen LogP contribution in [0.5, 0.6) is 0 Å². The standard InChI is InChI=1S/C20H18ClN7OS2/c1-20(2)16(29)27(11-4-3-10(9-22)13(21)7-11)19(30)28(20)12-5-6-15-14(8-12)25-18(31-15)26-17(23)24/h3-8,18,25H,1-2H3,(H4,23,24,26). The van der Waals surface area contributed by atoms with Gasteiger partial charge in [-0.1, -0.05) is 23.4 Å². The zero-order valence-electron chi connectivity index (χ0n) is 16.6. The Bertz CT molecular complexity index is 1190. The molecule has 2 heterocycles. The number of nitrogens with zero attached hydrogens (tertiary/aromatic N) is 4. The topological polar surface area (TPSA) is 124 Å². The number of hydrogen-bond donors (Lipinski definition) is 3. The van der Waals surface area contributed by atoms with Crippen molar-refractivity contribution in [3.05, 3.63) is 47.0 Å². The van der Waals surface area contributed by atoms with Gasteiger partial charge in [-0.2, -0.15) is 5.26 Å². The summed E-state index contributed by atoms with van der Waals surface area (Å²) in [5, 5.41) is 12.9. The van der Waals surface area contributed by atoms with E-state index in [2.05, 4.69) is 10.3 Å². The lowest BCUT2D eigenvalue weighted by Gasteiger charge is -2.29. The Morgan fingerprint density at radius 1 is 1.29 bits per heavy atom. The minimum Gasteiger partial charge on any atom is -0.370 e. The van der Waals surface area contributed by atoms with E-state index in [0.29, 0.717) is 16.4 Å². The van der Waals surface area contributed by atoms with Gasteiger partial charge in [0, 0.05) is 10.6 Å². The van der Waals surface area contributed by atoms with Crippen molar-refractivity contribution < 1.29 is 4.79 Å². The van der Waals surface area contributed by atoms with Crippen LogP contribution in [-0.2, 0) is 4.79 Å². The first-order valence-corrected chi connectivity index (χ1v) is 10.8. The molecule has 1 amide bonds. The zero-order valence-corrected chi connectivity index (χ0v) is 19.0. The normalized spacial score (nSPS) is 19.1. The number of anilines is 3. The average molecular weight is 472 g/mol. The minimum absolute atomic E-state index is 0.00204. The summed E-state index contributed by atoms with van der Waals surface area (Å²) < 4.78 is 0. The number of nitrogens with one attached hydrogen (secondary N) is 1. The molecule has 0 aliphatic carbocycles. The van der Waals surface area contributed by atoms with E-state index in [4.69, 9.17) is 40.5 Å². The molecule has 0 spiro atoms. The van der Waals surface area contributed by atoms with Crippen molar-refractivity contribution in [1.82, 2.24) is 0 Å². The molecule has 1 fully saturated rings. The Morgan fingerprint density at radius 3 is 2.65 bits per heavy atom. The second-order valence-corrected chi connectivity index (χ2v) is 9.34. The van der Waals surface area contributed by atoms with E-state index in [1.165, 1.54) is 16.7 Å². The summed E-state index contributed by atoms with van der Waals surface area (Å²) in [7, 11) is 0. The number of carbonyl (C=O) groups is 1. The van der Waals surface area contributed by atoms with Gasteiger partial charge in [0.05, 0.1) is 22.0 Å². The number of fused-ring (bicyclic) bond motifs is 1. The van der Waals surface area contributed by atoms with Crippen LogP contribution in [0.25, 0.3) is 0 Å². The smallest absolute Gasteiger partial charge is 0.259 e. The number of thiocarbonyl (C=S) groups is 1. The second-order valence-electron chi connectivity index (χ2n) is 7.44. The maximum Gasteiger partial charge on any atom is 0.259 e. The minimum atomic E-state index is -0.934. The van der Waals surface area contributed by atoms with Gasteiger partial charge in [0.25, 0.3) is 5.91 Å². The van der Waals surface area contributed by atoms with Gasteiger partial charge >= 0.3 is 0 Å². The molecule has 2 aromatic rings. The monoisotopic (exact) mass is 471 g/mol. The van der Waals surface area contributed by atoms with Gasteiger partial charge in [0.2, 0.25) is 0 Å². The van der Waals surface area contributed by atoms with Crippen molar-refractivity contribution >= 4 is 69.6 Å².